The highest BCUT2D eigenvalue weighted by atomic mass is 32.2. The number of halogens is 2. The minimum absolute atomic E-state index is 0.250. The predicted molar refractivity (Wildman–Crippen MR) is 70.3 cm³/mol. The van der Waals surface area contributed by atoms with E-state index in [-0.39, 0.29) is 4.90 Å². The lowest BCUT2D eigenvalue weighted by Gasteiger charge is -2.07. The Balaban J connectivity index is 2.49. The molecule has 0 radical (unpaired) electrons. The fraction of sp³-hybridized carbons (Fsp3) is 0.538. The molecule has 0 saturated carbocycles. The highest BCUT2D eigenvalue weighted by Gasteiger charge is 2.15. The molecule has 0 saturated heterocycles. The molecule has 0 aromatic heterocycles. The minimum atomic E-state index is -3.75. The van der Waals surface area contributed by atoms with Gasteiger partial charge in [-0.15, -0.1) is 0 Å². The molecule has 0 heterocycles. The molecular formula is C13H19F2NO2S. The van der Waals surface area contributed by atoms with Crippen LogP contribution < -0.4 is 4.72 Å². The summed E-state index contributed by atoms with van der Waals surface area (Å²) in [7, 11) is -3.75. The van der Waals surface area contributed by atoms with Crippen LogP contribution in [-0.4, -0.2) is 15.0 Å². The Morgan fingerprint density at radius 2 is 1.74 bits per heavy atom. The molecule has 0 bridgehead atoms. The van der Waals surface area contributed by atoms with Crippen molar-refractivity contribution >= 4 is 10.0 Å². The Bertz CT molecular complexity index is 503. The molecule has 1 aromatic rings. The summed E-state index contributed by atoms with van der Waals surface area (Å²) in [6.07, 6.45) is 5.02. The van der Waals surface area contributed by atoms with Crippen molar-refractivity contribution in [1.82, 2.24) is 4.72 Å². The first-order valence-corrected chi connectivity index (χ1v) is 7.90. The number of unbranched alkanes of at least 4 members (excludes halogenated alkanes) is 4. The van der Waals surface area contributed by atoms with Crippen molar-refractivity contribution in [3.63, 3.8) is 0 Å². The Hall–Kier alpha value is -1.01. The van der Waals surface area contributed by atoms with E-state index >= 15 is 0 Å². The largest absolute Gasteiger partial charge is 0.240 e. The topological polar surface area (TPSA) is 46.2 Å². The average molecular weight is 291 g/mol. The molecule has 0 spiro atoms. The van der Waals surface area contributed by atoms with Crippen LogP contribution in [0, 0.1) is 11.6 Å². The molecule has 1 rings (SSSR count). The third kappa shape index (κ3) is 5.24. The van der Waals surface area contributed by atoms with E-state index in [0.717, 1.165) is 44.2 Å². The van der Waals surface area contributed by atoms with E-state index in [1.807, 2.05) is 0 Å². The summed E-state index contributed by atoms with van der Waals surface area (Å²) >= 11 is 0. The van der Waals surface area contributed by atoms with Crippen molar-refractivity contribution in [2.24, 2.45) is 0 Å². The maximum atomic E-state index is 13.0. The van der Waals surface area contributed by atoms with Crippen LogP contribution in [0.2, 0.25) is 0 Å². The first-order chi connectivity index (χ1) is 8.97. The summed E-state index contributed by atoms with van der Waals surface area (Å²) in [4.78, 5) is -0.250. The number of nitrogens with one attached hydrogen (secondary N) is 1. The van der Waals surface area contributed by atoms with Crippen LogP contribution >= 0.6 is 0 Å². The van der Waals surface area contributed by atoms with Crippen molar-refractivity contribution < 1.29 is 17.2 Å². The molecule has 0 amide bonds. The van der Waals surface area contributed by atoms with Crippen LogP contribution in [0.25, 0.3) is 0 Å². The molecule has 6 heteroatoms. The van der Waals surface area contributed by atoms with E-state index < -0.39 is 21.7 Å². The summed E-state index contributed by atoms with van der Waals surface area (Å²) in [6.45, 7) is 2.41. The molecule has 0 fully saturated rings. The quantitative estimate of drug-likeness (QED) is 0.748. The number of benzene rings is 1. The second-order valence-corrected chi connectivity index (χ2v) is 6.15. The highest BCUT2D eigenvalue weighted by molar-refractivity contribution is 7.89. The molecule has 0 aliphatic heterocycles. The zero-order chi connectivity index (χ0) is 14.3. The van der Waals surface area contributed by atoms with E-state index in [4.69, 9.17) is 0 Å². The van der Waals surface area contributed by atoms with Gasteiger partial charge in [0.05, 0.1) is 4.90 Å². The number of hydrogen-bond donors (Lipinski definition) is 1. The van der Waals surface area contributed by atoms with Gasteiger partial charge in [-0.05, 0) is 24.6 Å². The lowest BCUT2D eigenvalue weighted by Crippen LogP contribution is -2.25. The number of sulfonamides is 1. The molecule has 0 aliphatic carbocycles. The summed E-state index contributed by atoms with van der Waals surface area (Å²) in [5.74, 6) is -2.22. The first-order valence-electron chi connectivity index (χ1n) is 6.42. The SMILES string of the molecule is CCCCCCCNS(=O)(=O)c1ccc(F)c(F)c1. The molecule has 1 aromatic carbocycles. The Morgan fingerprint density at radius 3 is 2.37 bits per heavy atom. The zero-order valence-electron chi connectivity index (χ0n) is 11.0. The van der Waals surface area contributed by atoms with Crippen LogP contribution in [-0.2, 0) is 10.0 Å². The number of rotatable bonds is 8. The van der Waals surface area contributed by atoms with Gasteiger partial charge in [0, 0.05) is 6.54 Å². The Kier molecular flexibility index (Phi) is 6.37. The fourth-order valence-corrected chi connectivity index (χ4v) is 2.75. The van der Waals surface area contributed by atoms with Crippen molar-refractivity contribution in [3.05, 3.63) is 29.8 Å². The predicted octanol–water partition coefficient (Wildman–Crippen LogP) is 3.21. The van der Waals surface area contributed by atoms with E-state index in [2.05, 4.69) is 11.6 Å². The smallest absolute Gasteiger partial charge is 0.211 e. The minimum Gasteiger partial charge on any atom is -0.211 e. The van der Waals surface area contributed by atoms with Crippen molar-refractivity contribution in [2.75, 3.05) is 6.54 Å². The van der Waals surface area contributed by atoms with Crippen LogP contribution in [0.3, 0.4) is 0 Å². The van der Waals surface area contributed by atoms with Crippen LogP contribution in [0.1, 0.15) is 39.0 Å². The Labute approximate surface area is 113 Å². The molecule has 108 valence electrons. The summed E-state index contributed by atoms with van der Waals surface area (Å²) in [5, 5.41) is 0. The lowest BCUT2D eigenvalue weighted by molar-refractivity contribution is 0.504. The summed E-state index contributed by atoms with van der Waals surface area (Å²) < 4.78 is 51.6. The lowest BCUT2D eigenvalue weighted by atomic mass is 10.2. The van der Waals surface area contributed by atoms with Gasteiger partial charge in [-0.25, -0.2) is 21.9 Å². The normalized spacial score (nSPS) is 11.7. The van der Waals surface area contributed by atoms with E-state index in [9.17, 15) is 17.2 Å². The van der Waals surface area contributed by atoms with Gasteiger partial charge < -0.3 is 0 Å². The number of hydrogen-bond acceptors (Lipinski definition) is 2. The van der Waals surface area contributed by atoms with Crippen molar-refractivity contribution in [1.29, 1.82) is 0 Å². The van der Waals surface area contributed by atoms with Gasteiger partial charge in [0.15, 0.2) is 11.6 Å². The fourth-order valence-electron chi connectivity index (χ4n) is 1.66. The van der Waals surface area contributed by atoms with Gasteiger partial charge in [-0.1, -0.05) is 32.6 Å². The molecule has 0 atom stereocenters. The van der Waals surface area contributed by atoms with Gasteiger partial charge in [-0.2, -0.15) is 0 Å². The van der Waals surface area contributed by atoms with Crippen molar-refractivity contribution in [2.45, 2.75) is 43.9 Å². The first kappa shape index (κ1) is 16.0. The molecule has 3 nitrogen and oxygen atoms in total. The highest BCUT2D eigenvalue weighted by Crippen LogP contribution is 2.13. The molecule has 0 aliphatic rings. The van der Waals surface area contributed by atoms with Gasteiger partial charge in [0.25, 0.3) is 0 Å². The van der Waals surface area contributed by atoms with E-state index in [1.165, 1.54) is 0 Å². The van der Waals surface area contributed by atoms with Gasteiger partial charge >= 0.3 is 0 Å². The summed E-state index contributed by atoms with van der Waals surface area (Å²) in [5.41, 5.74) is 0. The monoisotopic (exact) mass is 291 g/mol. The maximum absolute atomic E-state index is 13.0. The van der Waals surface area contributed by atoms with E-state index in [0.29, 0.717) is 12.6 Å². The van der Waals surface area contributed by atoms with Gasteiger partial charge in [0.1, 0.15) is 0 Å². The molecule has 1 N–H and O–H groups in total. The standard InChI is InChI=1S/C13H19F2NO2S/c1-2-3-4-5-6-9-16-19(17,18)11-7-8-12(14)13(15)10-11/h7-8,10,16H,2-6,9H2,1H3. The van der Waals surface area contributed by atoms with Crippen LogP contribution in [0.15, 0.2) is 23.1 Å². The maximum Gasteiger partial charge on any atom is 0.240 e. The van der Waals surface area contributed by atoms with E-state index in [1.54, 1.807) is 0 Å². The third-order valence-corrected chi connectivity index (χ3v) is 4.23. The van der Waals surface area contributed by atoms with Gasteiger partial charge in [-0.3, -0.25) is 0 Å². The third-order valence-electron chi connectivity index (χ3n) is 2.77. The Morgan fingerprint density at radius 1 is 1.05 bits per heavy atom. The summed E-state index contributed by atoms with van der Waals surface area (Å²) in [6, 6.07) is 2.55. The molecule has 19 heavy (non-hydrogen) atoms. The van der Waals surface area contributed by atoms with Crippen molar-refractivity contribution in [3.8, 4) is 0 Å². The second-order valence-electron chi connectivity index (χ2n) is 4.39. The second kappa shape index (κ2) is 7.55. The van der Waals surface area contributed by atoms with Gasteiger partial charge in [0.2, 0.25) is 10.0 Å². The van der Waals surface area contributed by atoms with Crippen LogP contribution in [0.5, 0.6) is 0 Å². The molecular weight excluding hydrogens is 272 g/mol. The average Bonchev–Trinajstić information content (AvgIpc) is 2.36. The van der Waals surface area contributed by atoms with Crippen LogP contribution in [0.4, 0.5) is 8.78 Å². The molecule has 0 unspecified atom stereocenters. The zero-order valence-corrected chi connectivity index (χ0v) is 11.8.